The largest absolute Gasteiger partial charge is 0.350 e. The second-order valence-corrected chi connectivity index (χ2v) is 6.68. The maximum atomic E-state index is 13.5. The van der Waals surface area contributed by atoms with E-state index in [-0.39, 0.29) is 24.2 Å². The standard InChI is InChI=1S/C18H25FN4O2/c19-16-4-2-1-3-15(16)17(24)20-9-10-21-18(25)22-13-7-11-23(12-8-13)14-5-6-14/h1-4,13-14H,5-12H2,(H,20,24)(H2,21,22,25). The van der Waals surface area contributed by atoms with Gasteiger partial charge in [-0.05, 0) is 37.8 Å². The van der Waals surface area contributed by atoms with Crippen molar-refractivity contribution in [3.63, 3.8) is 0 Å². The molecule has 3 amide bonds. The van der Waals surface area contributed by atoms with Gasteiger partial charge in [0.1, 0.15) is 5.82 Å². The van der Waals surface area contributed by atoms with Gasteiger partial charge in [0.05, 0.1) is 5.56 Å². The molecule has 3 N–H and O–H groups in total. The molecule has 0 radical (unpaired) electrons. The average molecular weight is 348 g/mol. The lowest BCUT2D eigenvalue weighted by Gasteiger charge is -2.32. The first-order chi connectivity index (χ1) is 12.1. The zero-order chi connectivity index (χ0) is 17.6. The van der Waals surface area contributed by atoms with Crippen molar-refractivity contribution < 1.29 is 14.0 Å². The Morgan fingerprint density at radius 2 is 1.72 bits per heavy atom. The van der Waals surface area contributed by atoms with Crippen molar-refractivity contribution in [1.82, 2.24) is 20.9 Å². The highest BCUT2D eigenvalue weighted by atomic mass is 19.1. The second kappa shape index (κ2) is 8.29. The number of halogens is 1. The molecule has 0 atom stereocenters. The third-order valence-electron chi connectivity index (χ3n) is 4.74. The van der Waals surface area contributed by atoms with Crippen LogP contribution in [-0.4, -0.2) is 55.1 Å². The monoisotopic (exact) mass is 348 g/mol. The first-order valence-corrected chi connectivity index (χ1v) is 8.94. The van der Waals surface area contributed by atoms with Gasteiger partial charge in [0, 0.05) is 38.3 Å². The van der Waals surface area contributed by atoms with E-state index in [2.05, 4.69) is 20.9 Å². The molecule has 1 aromatic carbocycles. The van der Waals surface area contributed by atoms with E-state index >= 15 is 0 Å². The molecule has 0 spiro atoms. The highest BCUT2D eigenvalue weighted by Gasteiger charge is 2.32. The third-order valence-corrected chi connectivity index (χ3v) is 4.74. The fourth-order valence-corrected chi connectivity index (χ4v) is 3.18. The average Bonchev–Trinajstić information content (AvgIpc) is 3.45. The van der Waals surface area contributed by atoms with Gasteiger partial charge in [0.15, 0.2) is 0 Å². The first-order valence-electron chi connectivity index (χ1n) is 8.94. The number of hydrogen-bond acceptors (Lipinski definition) is 3. The molecule has 0 unspecified atom stereocenters. The van der Waals surface area contributed by atoms with Crippen LogP contribution in [0.15, 0.2) is 24.3 Å². The lowest BCUT2D eigenvalue weighted by atomic mass is 10.1. The molecule has 1 saturated heterocycles. The van der Waals surface area contributed by atoms with Gasteiger partial charge >= 0.3 is 6.03 Å². The number of amides is 3. The Bertz CT molecular complexity index is 613. The van der Waals surface area contributed by atoms with E-state index in [4.69, 9.17) is 0 Å². The van der Waals surface area contributed by atoms with Gasteiger partial charge in [0.2, 0.25) is 0 Å². The number of urea groups is 1. The summed E-state index contributed by atoms with van der Waals surface area (Å²) in [5.74, 6) is -1.03. The zero-order valence-electron chi connectivity index (χ0n) is 14.3. The van der Waals surface area contributed by atoms with Crippen LogP contribution in [0.3, 0.4) is 0 Å². The van der Waals surface area contributed by atoms with E-state index in [9.17, 15) is 14.0 Å². The van der Waals surface area contributed by atoms with Crippen molar-refractivity contribution >= 4 is 11.9 Å². The molecule has 0 aromatic heterocycles. The van der Waals surface area contributed by atoms with Gasteiger partial charge in [-0.3, -0.25) is 4.79 Å². The Labute approximate surface area is 147 Å². The van der Waals surface area contributed by atoms with Crippen molar-refractivity contribution in [2.75, 3.05) is 26.2 Å². The molecule has 2 aliphatic rings. The van der Waals surface area contributed by atoms with Crippen molar-refractivity contribution in [3.8, 4) is 0 Å². The molecule has 2 fully saturated rings. The maximum Gasteiger partial charge on any atom is 0.315 e. The lowest BCUT2D eigenvalue weighted by molar-refractivity contribution is 0.0949. The van der Waals surface area contributed by atoms with Crippen LogP contribution in [0.1, 0.15) is 36.0 Å². The zero-order valence-corrected chi connectivity index (χ0v) is 14.3. The van der Waals surface area contributed by atoms with Gasteiger partial charge in [-0.25, -0.2) is 9.18 Å². The third kappa shape index (κ3) is 5.16. The maximum absolute atomic E-state index is 13.5. The van der Waals surface area contributed by atoms with Gasteiger partial charge in [0.25, 0.3) is 5.91 Å². The number of hydrogen-bond donors (Lipinski definition) is 3. The molecule has 1 saturated carbocycles. The lowest BCUT2D eigenvalue weighted by Crippen LogP contribution is -2.49. The second-order valence-electron chi connectivity index (χ2n) is 6.68. The smallest absolute Gasteiger partial charge is 0.315 e. The van der Waals surface area contributed by atoms with E-state index < -0.39 is 11.7 Å². The summed E-state index contributed by atoms with van der Waals surface area (Å²) in [6.07, 6.45) is 4.59. The van der Waals surface area contributed by atoms with Gasteiger partial charge in [-0.15, -0.1) is 0 Å². The molecule has 1 aliphatic carbocycles. The molecule has 3 rings (SSSR count). The van der Waals surface area contributed by atoms with Crippen molar-refractivity contribution in [2.45, 2.75) is 37.8 Å². The number of nitrogens with zero attached hydrogens (tertiary/aromatic N) is 1. The number of rotatable bonds is 6. The van der Waals surface area contributed by atoms with Gasteiger partial charge in [-0.1, -0.05) is 12.1 Å². The SMILES string of the molecule is O=C(NCCNC(=O)c1ccccc1F)NC1CCN(C2CC2)CC1. The summed E-state index contributed by atoms with van der Waals surface area (Å²) in [6.45, 7) is 2.65. The molecule has 1 aromatic rings. The van der Waals surface area contributed by atoms with Gasteiger partial charge < -0.3 is 20.9 Å². The highest BCUT2D eigenvalue weighted by molar-refractivity contribution is 5.94. The molecule has 136 valence electrons. The number of carbonyl (C=O) groups excluding carboxylic acids is 2. The summed E-state index contributed by atoms with van der Waals surface area (Å²) < 4.78 is 13.5. The summed E-state index contributed by atoms with van der Waals surface area (Å²) in [6, 6.07) is 6.60. The van der Waals surface area contributed by atoms with Gasteiger partial charge in [-0.2, -0.15) is 0 Å². The Morgan fingerprint density at radius 3 is 2.40 bits per heavy atom. The number of piperidine rings is 1. The number of nitrogens with one attached hydrogen (secondary N) is 3. The van der Waals surface area contributed by atoms with Crippen LogP contribution in [0.5, 0.6) is 0 Å². The van der Waals surface area contributed by atoms with Crippen molar-refractivity contribution in [1.29, 1.82) is 0 Å². The van der Waals surface area contributed by atoms with Crippen LogP contribution in [0.25, 0.3) is 0 Å². The predicted molar refractivity (Wildman–Crippen MR) is 92.9 cm³/mol. The summed E-state index contributed by atoms with van der Waals surface area (Å²) >= 11 is 0. The minimum atomic E-state index is -0.553. The van der Waals surface area contributed by atoms with E-state index in [1.54, 1.807) is 6.07 Å². The summed E-state index contributed by atoms with van der Waals surface area (Å²) in [4.78, 5) is 26.2. The summed E-state index contributed by atoms with van der Waals surface area (Å²) in [5.41, 5.74) is 0.00868. The molecular weight excluding hydrogens is 323 g/mol. The molecule has 1 heterocycles. The Kier molecular flexibility index (Phi) is 5.86. The quantitative estimate of drug-likeness (QED) is 0.682. The molecule has 6 nitrogen and oxygen atoms in total. The fourth-order valence-electron chi connectivity index (χ4n) is 3.18. The van der Waals surface area contributed by atoms with Crippen LogP contribution in [0, 0.1) is 5.82 Å². The number of carbonyl (C=O) groups is 2. The molecule has 0 bridgehead atoms. The van der Waals surface area contributed by atoms with Crippen LogP contribution >= 0.6 is 0 Å². The van der Waals surface area contributed by atoms with Crippen LogP contribution in [-0.2, 0) is 0 Å². The van der Waals surface area contributed by atoms with E-state index in [1.807, 2.05) is 0 Å². The predicted octanol–water partition coefficient (Wildman–Crippen LogP) is 1.48. The molecule has 7 heteroatoms. The molecular formula is C18H25FN4O2. The summed E-state index contributed by atoms with van der Waals surface area (Å²) in [5, 5.41) is 8.30. The van der Waals surface area contributed by atoms with Crippen LogP contribution in [0.4, 0.5) is 9.18 Å². The molecule has 1 aliphatic heterocycles. The Hall–Kier alpha value is -2.15. The highest BCUT2D eigenvalue weighted by Crippen LogP contribution is 2.29. The van der Waals surface area contributed by atoms with Crippen LogP contribution in [0.2, 0.25) is 0 Å². The van der Waals surface area contributed by atoms with Crippen molar-refractivity contribution in [2.24, 2.45) is 0 Å². The van der Waals surface area contributed by atoms with E-state index in [0.717, 1.165) is 32.0 Å². The minimum Gasteiger partial charge on any atom is -0.350 e. The summed E-state index contributed by atoms with van der Waals surface area (Å²) in [7, 11) is 0. The normalized spacial score (nSPS) is 18.6. The first kappa shape index (κ1) is 17.7. The van der Waals surface area contributed by atoms with Crippen LogP contribution < -0.4 is 16.0 Å². The molecule has 25 heavy (non-hydrogen) atoms. The number of likely N-dealkylation sites (tertiary alicyclic amines) is 1. The minimum absolute atomic E-state index is 0.00868. The Balaban J connectivity index is 1.29. The fraction of sp³-hybridized carbons (Fsp3) is 0.556. The number of benzene rings is 1. The van der Waals surface area contributed by atoms with Crippen molar-refractivity contribution in [3.05, 3.63) is 35.6 Å². The topological polar surface area (TPSA) is 73.5 Å². The van der Waals surface area contributed by atoms with E-state index in [0.29, 0.717) is 6.54 Å². The Morgan fingerprint density at radius 1 is 1.04 bits per heavy atom. The van der Waals surface area contributed by atoms with E-state index in [1.165, 1.54) is 31.0 Å².